The highest BCUT2D eigenvalue weighted by molar-refractivity contribution is 5.24. The van der Waals surface area contributed by atoms with Gasteiger partial charge in [0.2, 0.25) is 0 Å². The van der Waals surface area contributed by atoms with Crippen LogP contribution in [0.1, 0.15) is 32.3 Å². The topological polar surface area (TPSA) is 15.3 Å². The Morgan fingerprint density at radius 3 is 2.76 bits per heavy atom. The summed E-state index contributed by atoms with van der Waals surface area (Å²) in [4.78, 5) is 2.59. The van der Waals surface area contributed by atoms with Crippen molar-refractivity contribution in [3.63, 3.8) is 0 Å². The van der Waals surface area contributed by atoms with Gasteiger partial charge in [-0.1, -0.05) is 43.7 Å². The van der Waals surface area contributed by atoms with Crippen molar-refractivity contribution in [2.75, 3.05) is 26.2 Å². The van der Waals surface area contributed by atoms with Crippen LogP contribution in [0.3, 0.4) is 0 Å². The van der Waals surface area contributed by atoms with E-state index in [4.69, 9.17) is 0 Å². The Kier molecular flexibility index (Phi) is 4.19. The monoisotopic (exact) mass is 232 g/mol. The molecule has 0 aromatic heterocycles. The molecule has 2 rings (SSSR count). The predicted molar refractivity (Wildman–Crippen MR) is 73.1 cm³/mol. The Morgan fingerprint density at radius 1 is 1.29 bits per heavy atom. The molecule has 2 nitrogen and oxygen atoms in total. The predicted octanol–water partition coefficient (Wildman–Crippen LogP) is 2.61. The average molecular weight is 232 g/mol. The maximum atomic E-state index is 3.68. The van der Waals surface area contributed by atoms with E-state index in [1.165, 1.54) is 31.5 Å². The molecule has 0 saturated carbocycles. The molecule has 0 amide bonds. The first-order chi connectivity index (χ1) is 8.24. The Bertz CT molecular complexity index is 336. The lowest BCUT2D eigenvalue weighted by molar-refractivity contribution is 0.141. The standard InChI is InChI=1S/C15H24N2/c1-3-4-11-17-12-10-16-15(2,13-17)14-8-6-5-7-9-14/h5-9,16H,3-4,10-13H2,1-2H3. The number of hydrogen-bond acceptors (Lipinski definition) is 2. The molecule has 1 aromatic carbocycles. The maximum Gasteiger partial charge on any atom is 0.0535 e. The van der Waals surface area contributed by atoms with E-state index in [0.717, 1.165) is 13.1 Å². The van der Waals surface area contributed by atoms with Crippen molar-refractivity contribution < 1.29 is 0 Å². The summed E-state index contributed by atoms with van der Waals surface area (Å²) in [5.74, 6) is 0. The maximum absolute atomic E-state index is 3.68. The van der Waals surface area contributed by atoms with Gasteiger partial charge in [-0.25, -0.2) is 0 Å². The molecule has 1 N–H and O–H groups in total. The number of nitrogens with one attached hydrogen (secondary N) is 1. The van der Waals surface area contributed by atoms with Gasteiger partial charge in [0.25, 0.3) is 0 Å². The number of unbranched alkanes of at least 4 members (excludes halogenated alkanes) is 1. The Morgan fingerprint density at radius 2 is 2.06 bits per heavy atom. The molecule has 0 spiro atoms. The summed E-state index contributed by atoms with van der Waals surface area (Å²) in [7, 11) is 0. The van der Waals surface area contributed by atoms with E-state index >= 15 is 0 Å². The van der Waals surface area contributed by atoms with Crippen LogP contribution in [-0.2, 0) is 5.54 Å². The molecule has 17 heavy (non-hydrogen) atoms. The lowest BCUT2D eigenvalue weighted by Gasteiger charge is -2.42. The molecule has 0 radical (unpaired) electrons. The number of hydrogen-bond donors (Lipinski definition) is 1. The zero-order valence-electron chi connectivity index (χ0n) is 11.1. The van der Waals surface area contributed by atoms with Crippen molar-refractivity contribution >= 4 is 0 Å². The van der Waals surface area contributed by atoms with Crippen LogP contribution in [0.15, 0.2) is 30.3 Å². The van der Waals surface area contributed by atoms with E-state index in [0.29, 0.717) is 0 Å². The van der Waals surface area contributed by atoms with E-state index in [-0.39, 0.29) is 5.54 Å². The van der Waals surface area contributed by atoms with E-state index in [9.17, 15) is 0 Å². The summed E-state index contributed by atoms with van der Waals surface area (Å²) in [5.41, 5.74) is 1.52. The Hall–Kier alpha value is -0.860. The van der Waals surface area contributed by atoms with Crippen molar-refractivity contribution in [2.45, 2.75) is 32.2 Å². The second kappa shape index (κ2) is 5.65. The molecule has 2 heteroatoms. The molecule has 1 aliphatic heterocycles. The van der Waals surface area contributed by atoms with Gasteiger partial charge in [-0.05, 0) is 25.5 Å². The van der Waals surface area contributed by atoms with E-state index in [1.807, 2.05) is 0 Å². The first-order valence-corrected chi connectivity index (χ1v) is 6.77. The third kappa shape index (κ3) is 3.08. The van der Waals surface area contributed by atoms with Crippen molar-refractivity contribution in [1.29, 1.82) is 0 Å². The fourth-order valence-electron chi connectivity index (χ4n) is 2.64. The van der Waals surface area contributed by atoms with Gasteiger partial charge in [0.05, 0.1) is 5.54 Å². The SMILES string of the molecule is CCCCN1CCNC(C)(c2ccccc2)C1. The highest BCUT2D eigenvalue weighted by Crippen LogP contribution is 2.24. The highest BCUT2D eigenvalue weighted by atomic mass is 15.2. The molecule has 0 aliphatic carbocycles. The lowest BCUT2D eigenvalue weighted by Crippen LogP contribution is -2.56. The second-order valence-corrected chi connectivity index (χ2v) is 5.25. The number of benzene rings is 1. The quantitative estimate of drug-likeness (QED) is 0.858. The van der Waals surface area contributed by atoms with Crippen LogP contribution in [0, 0.1) is 0 Å². The van der Waals surface area contributed by atoms with Crippen molar-refractivity contribution in [2.24, 2.45) is 0 Å². The third-order valence-electron chi connectivity index (χ3n) is 3.72. The Labute approximate surface area is 105 Å². The molecule has 1 unspecified atom stereocenters. The molecule has 1 aromatic rings. The van der Waals surface area contributed by atoms with Crippen LogP contribution >= 0.6 is 0 Å². The van der Waals surface area contributed by atoms with Gasteiger partial charge in [0.15, 0.2) is 0 Å². The average Bonchev–Trinajstić information content (AvgIpc) is 2.38. The molecular weight excluding hydrogens is 208 g/mol. The van der Waals surface area contributed by atoms with Crippen molar-refractivity contribution in [3.8, 4) is 0 Å². The molecule has 1 heterocycles. The van der Waals surface area contributed by atoms with Gasteiger partial charge >= 0.3 is 0 Å². The lowest BCUT2D eigenvalue weighted by atomic mass is 9.89. The van der Waals surface area contributed by atoms with Gasteiger partial charge in [-0.15, -0.1) is 0 Å². The molecule has 94 valence electrons. The van der Waals surface area contributed by atoms with Gasteiger partial charge in [0.1, 0.15) is 0 Å². The minimum absolute atomic E-state index is 0.118. The van der Waals surface area contributed by atoms with Gasteiger partial charge in [-0.2, -0.15) is 0 Å². The molecule has 1 fully saturated rings. The first-order valence-electron chi connectivity index (χ1n) is 6.77. The molecule has 1 atom stereocenters. The van der Waals surface area contributed by atoms with Crippen LogP contribution in [0.25, 0.3) is 0 Å². The van der Waals surface area contributed by atoms with Crippen molar-refractivity contribution in [1.82, 2.24) is 10.2 Å². The zero-order chi connectivity index (χ0) is 12.1. The van der Waals surface area contributed by atoms with Crippen LogP contribution in [-0.4, -0.2) is 31.1 Å². The molecule has 1 aliphatic rings. The summed E-state index contributed by atoms with van der Waals surface area (Å²) in [6, 6.07) is 10.8. The van der Waals surface area contributed by atoms with Gasteiger partial charge in [0, 0.05) is 19.6 Å². The second-order valence-electron chi connectivity index (χ2n) is 5.25. The first kappa shape index (κ1) is 12.6. The van der Waals surface area contributed by atoms with E-state index in [1.54, 1.807) is 0 Å². The summed E-state index contributed by atoms with van der Waals surface area (Å²) in [6.07, 6.45) is 2.59. The molecule has 0 bridgehead atoms. The van der Waals surface area contributed by atoms with Crippen LogP contribution < -0.4 is 5.32 Å². The van der Waals surface area contributed by atoms with Gasteiger partial charge in [-0.3, -0.25) is 4.90 Å². The summed E-state index contributed by atoms with van der Waals surface area (Å²) >= 11 is 0. The minimum atomic E-state index is 0.118. The van der Waals surface area contributed by atoms with Gasteiger partial charge < -0.3 is 5.32 Å². The van der Waals surface area contributed by atoms with E-state index in [2.05, 4.69) is 54.4 Å². The zero-order valence-corrected chi connectivity index (χ0v) is 11.1. The number of rotatable bonds is 4. The smallest absolute Gasteiger partial charge is 0.0535 e. The number of nitrogens with zero attached hydrogens (tertiary/aromatic N) is 1. The summed E-state index contributed by atoms with van der Waals surface area (Å²) in [6.45, 7) is 9.22. The fourth-order valence-corrected chi connectivity index (χ4v) is 2.64. The normalized spacial score (nSPS) is 26.0. The van der Waals surface area contributed by atoms with Crippen molar-refractivity contribution in [3.05, 3.63) is 35.9 Å². The molecule has 1 saturated heterocycles. The number of piperazine rings is 1. The fraction of sp³-hybridized carbons (Fsp3) is 0.600. The highest BCUT2D eigenvalue weighted by Gasteiger charge is 2.31. The minimum Gasteiger partial charge on any atom is -0.305 e. The summed E-state index contributed by atoms with van der Waals surface area (Å²) < 4.78 is 0. The third-order valence-corrected chi connectivity index (χ3v) is 3.72. The Balaban J connectivity index is 2.04. The summed E-state index contributed by atoms with van der Waals surface area (Å²) in [5, 5.41) is 3.68. The largest absolute Gasteiger partial charge is 0.305 e. The molecular formula is C15H24N2. The van der Waals surface area contributed by atoms with E-state index < -0.39 is 0 Å². The van der Waals surface area contributed by atoms with Crippen LogP contribution in [0.2, 0.25) is 0 Å². The van der Waals surface area contributed by atoms with Crippen LogP contribution in [0.5, 0.6) is 0 Å². The van der Waals surface area contributed by atoms with Crippen LogP contribution in [0.4, 0.5) is 0 Å².